The van der Waals surface area contributed by atoms with Gasteiger partial charge in [-0.05, 0) is 18.6 Å². The molecule has 0 aromatic rings. The average Bonchev–Trinajstić information content (AvgIpc) is 2.09. The lowest BCUT2D eigenvalue weighted by Crippen LogP contribution is -2.39. The highest BCUT2D eigenvalue weighted by molar-refractivity contribution is 5.93. The number of nitrogens with zero attached hydrogens (tertiary/aromatic N) is 1. The summed E-state index contributed by atoms with van der Waals surface area (Å²) in [5.74, 6) is -0.209. The molecule has 0 saturated carbocycles. The quantitative estimate of drug-likeness (QED) is 0.581. The van der Waals surface area contributed by atoms with Gasteiger partial charge < -0.3 is 10.2 Å². The van der Waals surface area contributed by atoms with Crippen molar-refractivity contribution < 1.29 is 15.0 Å². The van der Waals surface area contributed by atoms with Crippen molar-refractivity contribution >= 4 is 5.78 Å². The van der Waals surface area contributed by atoms with Crippen molar-refractivity contribution in [2.24, 2.45) is 5.18 Å². The summed E-state index contributed by atoms with van der Waals surface area (Å²) in [6, 6.07) is -0.918. The van der Waals surface area contributed by atoms with E-state index in [1.807, 2.05) is 0 Å². The lowest BCUT2D eigenvalue weighted by molar-refractivity contribution is -0.114. The minimum absolute atomic E-state index is 0.108. The second kappa shape index (κ2) is 3.76. The first-order chi connectivity index (χ1) is 6.06. The fraction of sp³-hybridized carbons (Fsp3) is 0.625. The SMILES string of the molecule is CC(=O)C1=CC(O)C(O)C(N=O)C1. The summed E-state index contributed by atoms with van der Waals surface area (Å²) < 4.78 is 0. The van der Waals surface area contributed by atoms with Crippen molar-refractivity contribution in [1.29, 1.82) is 0 Å². The molecule has 0 heterocycles. The predicted molar refractivity (Wildman–Crippen MR) is 45.0 cm³/mol. The maximum Gasteiger partial charge on any atom is 0.155 e. The number of rotatable bonds is 2. The van der Waals surface area contributed by atoms with Crippen LogP contribution in [0, 0.1) is 4.91 Å². The minimum atomic E-state index is -1.19. The van der Waals surface area contributed by atoms with Crippen molar-refractivity contribution in [3.05, 3.63) is 16.6 Å². The first kappa shape index (κ1) is 10.0. The second-order valence-corrected chi connectivity index (χ2v) is 3.11. The Morgan fingerprint density at radius 3 is 2.69 bits per heavy atom. The number of hydrogen-bond acceptors (Lipinski definition) is 5. The number of ketones is 1. The maximum absolute atomic E-state index is 10.9. The lowest BCUT2D eigenvalue weighted by atomic mass is 9.89. The third-order valence-corrected chi connectivity index (χ3v) is 2.13. The van der Waals surface area contributed by atoms with E-state index in [0.29, 0.717) is 5.57 Å². The van der Waals surface area contributed by atoms with Gasteiger partial charge in [0.1, 0.15) is 18.2 Å². The fourth-order valence-corrected chi connectivity index (χ4v) is 1.31. The summed E-state index contributed by atoms with van der Waals surface area (Å²) in [6.07, 6.45) is -0.984. The molecule has 0 aromatic heterocycles. The van der Waals surface area contributed by atoms with Crippen LogP contribution < -0.4 is 0 Å². The Labute approximate surface area is 75.0 Å². The van der Waals surface area contributed by atoms with E-state index in [9.17, 15) is 19.9 Å². The third-order valence-electron chi connectivity index (χ3n) is 2.13. The Hall–Kier alpha value is -1.07. The molecule has 13 heavy (non-hydrogen) atoms. The van der Waals surface area contributed by atoms with Gasteiger partial charge in [0.15, 0.2) is 5.78 Å². The van der Waals surface area contributed by atoms with E-state index in [1.54, 1.807) is 0 Å². The van der Waals surface area contributed by atoms with E-state index in [-0.39, 0.29) is 12.2 Å². The molecule has 0 fully saturated rings. The summed E-state index contributed by atoms with van der Waals surface area (Å²) in [6.45, 7) is 1.35. The summed E-state index contributed by atoms with van der Waals surface area (Å²) in [7, 11) is 0. The number of nitroso groups, excluding NO2 is 1. The monoisotopic (exact) mass is 185 g/mol. The molecule has 1 rings (SSSR count). The van der Waals surface area contributed by atoms with Gasteiger partial charge in [-0.2, -0.15) is 4.91 Å². The van der Waals surface area contributed by atoms with Gasteiger partial charge in [-0.1, -0.05) is 5.18 Å². The maximum atomic E-state index is 10.9. The molecule has 5 nitrogen and oxygen atoms in total. The number of aliphatic hydroxyl groups is 2. The van der Waals surface area contributed by atoms with Gasteiger partial charge in [-0.3, -0.25) is 4.79 Å². The van der Waals surface area contributed by atoms with Crippen molar-refractivity contribution in [2.75, 3.05) is 0 Å². The summed E-state index contributed by atoms with van der Waals surface area (Å²) in [5, 5.41) is 21.1. The molecule has 0 aliphatic heterocycles. The Morgan fingerprint density at radius 1 is 1.62 bits per heavy atom. The van der Waals surface area contributed by atoms with Crippen molar-refractivity contribution in [1.82, 2.24) is 0 Å². The zero-order chi connectivity index (χ0) is 10.0. The van der Waals surface area contributed by atoms with Crippen LogP contribution in [0.1, 0.15) is 13.3 Å². The van der Waals surface area contributed by atoms with Gasteiger partial charge in [0.25, 0.3) is 0 Å². The van der Waals surface area contributed by atoms with E-state index >= 15 is 0 Å². The molecule has 3 unspecified atom stereocenters. The van der Waals surface area contributed by atoms with Crippen LogP contribution in [0.15, 0.2) is 16.8 Å². The standard InChI is InChI=1S/C8H11NO4/c1-4(10)5-2-6(9-13)8(12)7(11)3-5/h3,6-8,11-12H,2H2,1H3. The summed E-state index contributed by atoms with van der Waals surface area (Å²) in [5.41, 5.74) is 0.349. The van der Waals surface area contributed by atoms with Crippen LogP contribution in [0.5, 0.6) is 0 Å². The molecule has 0 bridgehead atoms. The van der Waals surface area contributed by atoms with Crippen LogP contribution in [0.3, 0.4) is 0 Å². The first-order valence-electron chi connectivity index (χ1n) is 3.96. The Morgan fingerprint density at radius 2 is 2.23 bits per heavy atom. The van der Waals surface area contributed by atoms with Crippen LogP contribution in [0.2, 0.25) is 0 Å². The fourth-order valence-electron chi connectivity index (χ4n) is 1.31. The van der Waals surface area contributed by atoms with E-state index in [2.05, 4.69) is 5.18 Å². The van der Waals surface area contributed by atoms with Crippen LogP contribution >= 0.6 is 0 Å². The molecule has 0 aromatic carbocycles. The van der Waals surface area contributed by atoms with Crippen LogP contribution in [0.25, 0.3) is 0 Å². The van der Waals surface area contributed by atoms with Gasteiger partial charge in [0.2, 0.25) is 0 Å². The van der Waals surface area contributed by atoms with Crippen LogP contribution in [-0.2, 0) is 4.79 Å². The number of hydrogen-bond donors (Lipinski definition) is 2. The third kappa shape index (κ3) is 1.99. The van der Waals surface area contributed by atoms with Crippen LogP contribution in [-0.4, -0.2) is 34.2 Å². The largest absolute Gasteiger partial charge is 0.388 e. The van der Waals surface area contributed by atoms with E-state index in [0.717, 1.165) is 0 Å². The van der Waals surface area contributed by atoms with E-state index < -0.39 is 18.2 Å². The molecular weight excluding hydrogens is 174 g/mol. The average molecular weight is 185 g/mol. The molecule has 5 heteroatoms. The Bertz CT molecular complexity index is 261. The summed E-state index contributed by atoms with van der Waals surface area (Å²) >= 11 is 0. The minimum Gasteiger partial charge on any atom is -0.388 e. The van der Waals surface area contributed by atoms with Gasteiger partial charge in [-0.25, -0.2) is 0 Å². The number of carbonyl (C=O) groups is 1. The van der Waals surface area contributed by atoms with Gasteiger partial charge in [0.05, 0.1) is 0 Å². The van der Waals surface area contributed by atoms with Crippen molar-refractivity contribution in [3.63, 3.8) is 0 Å². The number of aliphatic hydroxyl groups excluding tert-OH is 2. The number of carbonyl (C=O) groups excluding carboxylic acids is 1. The first-order valence-corrected chi connectivity index (χ1v) is 3.96. The Kier molecular flexibility index (Phi) is 2.90. The van der Waals surface area contributed by atoms with Crippen molar-refractivity contribution in [3.8, 4) is 0 Å². The smallest absolute Gasteiger partial charge is 0.155 e. The summed E-state index contributed by atoms with van der Waals surface area (Å²) in [4.78, 5) is 21.1. The molecule has 1 aliphatic rings. The predicted octanol–water partition coefficient (Wildman–Crippen LogP) is -0.238. The molecule has 0 saturated heterocycles. The Balaban J connectivity index is 2.87. The zero-order valence-corrected chi connectivity index (χ0v) is 7.17. The van der Waals surface area contributed by atoms with Crippen LogP contribution in [0.4, 0.5) is 0 Å². The number of Topliss-reactive ketones (excluding diaryl/α,β-unsaturated/α-hetero) is 1. The topological polar surface area (TPSA) is 87.0 Å². The molecular formula is C8H11NO4. The molecule has 1 aliphatic carbocycles. The lowest BCUT2D eigenvalue weighted by Gasteiger charge is -2.25. The van der Waals surface area contributed by atoms with E-state index in [1.165, 1.54) is 13.0 Å². The highest BCUT2D eigenvalue weighted by atomic mass is 16.3. The highest BCUT2D eigenvalue weighted by Gasteiger charge is 2.32. The molecule has 0 amide bonds. The second-order valence-electron chi connectivity index (χ2n) is 3.11. The molecule has 2 N–H and O–H groups in total. The van der Waals surface area contributed by atoms with Gasteiger partial charge >= 0.3 is 0 Å². The van der Waals surface area contributed by atoms with E-state index in [4.69, 9.17) is 0 Å². The molecule has 0 radical (unpaired) electrons. The van der Waals surface area contributed by atoms with Gasteiger partial charge in [0, 0.05) is 6.42 Å². The molecule has 3 atom stereocenters. The zero-order valence-electron chi connectivity index (χ0n) is 7.17. The van der Waals surface area contributed by atoms with Crippen molar-refractivity contribution in [2.45, 2.75) is 31.6 Å². The molecule has 72 valence electrons. The van der Waals surface area contributed by atoms with Gasteiger partial charge in [-0.15, -0.1) is 0 Å². The molecule has 0 spiro atoms. The normalized spacial score (nSPS) is 33.8. The highest BCUT2D eigenvalue weighted by Crippen LogP contribution is 2.22.